The number of nitrogens with zero attached hydrogens (tertiary/aromatic N) is 2. The van der Waals surface area contributed by atoms with Gasteiger partial charge in [-0.25, -0.2) is 9.97 Å². The Morgan fingerprint density at radius 1 is 1.47 bits per heavy atom. The summed E-state index contributed by atoms with van der Waals surface area (Å²) in [7, 11) is 0. The molecule has 1 aliphatic rings. The second-order valence-electron chi connectivity index (χ2n) is 4.14. The number of rotatable bonds is 5. The number of anilines is 1. The Morgan fingerprint density at radius 2 is 2.27 bits per heavy atom. The van der Waals surface area contributed by atoms with Crippen LogP contribution in [0.4, 0.5) is 5.82 Å². The van der Waals surface area contributed by atoms with E-state index in [-0.39, 0.29) is 0 Å². The highest BCUT2D eigenvalue weighted by Crippen LogP contribution is 2.33. The van der Waals surface area contributed by atoms with Gasteiger partial charge in [-0.1, -0.05) is 24.4 Å². The van der Waals surface area contributed by atoms with Crippen LogP contribution in [0.2, 0.25) is 5.15 Å². The van der Waals surface area contributed by atoms with Crippen molar-refractivity contribution in [2.45, 2.75) is 32.6 Å². The Hall–Kier alpha value is -0.830. The molecule has 1 fully saturated rings. The van der Waals surface area contributed by atoms with E-state index in [1.54, 1.807) is 6.07 Å². The van der Waals surface area contributed by atoms with Crippen molar-refractivity contribution in [3.63, 3.8) is 0 Å². The van der Waals surface area contributed by atoms with Crippen molar-refractivity contribution in [3.8, 4) is 0 Å². The van der Waals surface area contributed by atoms with Crippen LogP contribution in [-0.2, 0) is 0 Å². The summed E-state index contributed by atoms with van der Waals surface area (Å²) in [5.74, 6) is 2.55. The van der Waals surface area contributed by atoms with Gasteiger partial charge in [-0.05, 0) is 25.7 Å². The molecule has 4 heteroatoms. The van der Waals surface area contributed by atoms with Gasteiger partial charge in [0.1, 0.15) is 16.8 Å². The van der Waals surface area contributed by atoms with Crippen molar-refractivity contribution in [1.29, 1.82) is 0 Å². The van der Waals surface area contributed by atoms with Crippen molar-refractivity contribution in [2.24, 2.45) is 5.92 Å². The molecule has 1 heterocycles. The molecule has 1 aromatic rings. The first kappa shape index (κ1) is 10.7. The summed E-state index contributed by atoms with van der Waals surface area (Å²) in [6.07, 6.45) is 5.41. The van der Waals surface area contributed by atoms with E-state index in [1.807, 2.05) is 6.92 Å². The Bertz CT molecular complexity index is 316. The van der Waals surface area contributed by atoms with Crippen molar-refractivity contribution in [1.82, 2.24) is 9.97 Å². The second kappa shape index (κ2) is 4.79. The predicted molar refractivity (Wildman–Crippen MR) is 62.2 cm³/mol. The smallest absolute Gasteiger partial charge is 0.134 e. The first-order valence-electron chi connectivity index (χ1n) is 5.49. The van der Waals surface area contributed by atoms with E-state index in [0.717, 1.165) is 18.3 Å². The zero-order valence-corrected chi connectivity index (χ0v) is 9.72. The Kier molecular flexibility index (Phi) is 3.41. The van der Waals surface area contributed by atoms with Crippen LogP contribution < -0.4 is 5.32 Å². The largest absolute Gasteiger partial charge is 0.370 e. The molecule has 0 amide bonds. The van der Waals surface area contributed by atoms with Crippen molar-refractivity contribution in [3.05, 3.63) is 17.0 Å². The van der Waals surface area contributed by atoms with Crippen LogP contribution in [0, 0.1) is 12.8 Å². The molecule has 82 valence electrons. The van der Waals surface area contributed by atoms with Gasteiger partial charge in [0.25, 0.3) is 0 Å². The third-order valence-electron chi connectivity index (χ3n) is 2.60. The minimum Gasteiger partial charge on any atom is -0.370 e. The monoisotopic (exact) mass is 225 g/mol. The zero-order valence-electron chi connectivity index (χ0n) is 8.96. The van der Waals surface area contributed by atoms with Crippen LogP contribution in [0.25, 0.3) is 0 Å². The summed E-state index contributed by atoms with van der Waals surface area (Å²) in [6.45, 7) is 2.82. The Balaban J connectivity index is 1.76. The fourth-order valence-corrected chi connectivity index (χ4v) is 1.86. The molecule has 0 spiro atoms. The van der Waals surface area contributed by atoms with Crippen LogP contribution in [0.5, 0.6) is 0 Å². The van der Waals surface area contributed by atoms with Crippen LogP contribution in [0.15, 0.2) is 6.07 Å². The number of aromatic nitrogens is 2. The third kappa shape index (κ3) is 3.67. The lowest BCUT2D eigenvalue weighted by atomic mass is 10.2. The van der Waals surface area contributed by atoms with Crippen molar-refractivity contribution in [2.75, 3.05) is 11.9 Å². The van der Waals surface area contributed by atoms with Gasteiger partial charge < -0.3 is 5.32 Å². The average molecular weight is 226 g/mol. The Morgan fingerprint density at radius 3 is 2.93 bits per heavy atom. The molecular formula is C11H16ClN3. The molecule has 0 atom stereocenters. The van der Waals surface area contributed by atoms with Crippen LogP contribution >= 0.6 is 11.6 Å². The van der Waals surface area contributed by atoms with Gasteiger partial charge in [-0.15, -0.1) is 0 Å². The molecule has 3 nitrogen and oxygen atoms in total. The molecule has 15 heavy (non-hydrogen) atoms. The lowest BCUT2D eigenvalue weighted by Crippen LogP contribution is -2.05. The predicted octanol–water partition coefficient (Wildman–Crippen LogP) is 3.04. The average Bonchev–Trinajstić information content (AvgIpc) is 2.94. The van der Waals surface area contributed by atoms with E-state index >= 15 is 0 Å². The summed E-state index contributed by atoms with van der Waals surface area (Å²) >= 11 is 5.83. The number of hydrogen-bond donors (Lipinski definition) is 1. The standard InChI is InChI=1S/C11H16ClN3/c1-8-14-10(12)7-11(15-8)13-6-2-3-9-4-5-9/h7,9H,2-6H2,1H3,(H,13,14,15). The maximum absolute atomic E-state index is 5.83. The summed E-state index contributed by atoms with van der Waals surface area (Å²) in [5, 5.41) is 3.78. The van der Waals surface area contributed by atoms with Gasteiger partial charge in [0, 0.05) is 12.6 Å². The van der Waals surface area contributed by atoms with Gasteiger partial charge in [0.05, 0.1) is 0 Å². The molecule has 0 unspecified atom stereocenters. The van der Waals surface area contributed by atoms with Gasteiger partial charge in [0.15, 0.2) is 0 Å². The van der Waals surface area contributed by atoms with E-state index in [4.69, 9.17) is 11.6 Å². The number of aryl methyl sites for hydroxylation is 1. The van der Waals surface area contributed by atoms with Crippen LogP contribution in [0.1, 0.15) is 31.5 Å². The zero-order chi connectivity index (χ0) is 10.7. The maximum Gasteiger partial charge on any atom is 0.134 e. The molecule has 2 rings (SSSR count). The summed E-state index contributed by atoms with van der Waals surface area (Å²) in [5.41, 5.74) is 0. The highest BCUT2D eigenvalue weighted by molar-refractivity contribution is 6.29. The normalized spacial score (nSPS) is 15.3. The van der Waals surface area contributed by atoms with Crippen LogP contribution in [-0.4, -0.2) is 16.5 Å². The molecule has 1 N–H and O–H groups in total. The highest BCUT2D eigenvalue weighted by Gasteiger charge is 2.19. The second-order valence-corrected chi connectivity index (χ2v) is 4.52. The van der Waals surface area contributed by atoms with E-state index in [2.05, 4.69) is 15.3 Å². The topological polar surface area (TPSA) is 37.8 Å². The van der Waals surface area contributed by atoms with E-state index < -0.39 is 0 Å². The first-order valence-corrected chi connectivity index (χ1v) is 5.87. The number of hydrogen-bond acceptors (Lipinski definition) is 3. The minimum absolute atomic E-state index is 0.507. The lowest BCUT2D eigenvalue weighted by molar-refractivity contribution is 0.686. The Labute approximate surface area is 95.3 Å². The van der Waals surface area contributed by atoms with E-state index in [0.29, 0.717) is 11.0 Å². The molecule has 0 bridgehead atoms. The highest BCUT2D eigenvalue weighted by atomic mass is 35.5. The van der Waals surface area contributed by atoms with Gasteiger partial charge in [-0.3, -0.25) is 0 Å². The van der Waals surface area contributed by atoms with Crippen molar-refractivity contribution < 1.29 is 0 Å². The van der Waals surface area contributed by atoms with E-state index in [1.165, 1.54) is 25.7 Å². The van der Waals surface area contributed by atoms with Gasteiger partial charge in [-0.2, -0.15) is 0 Å². The summed E-state index contributed by atoms with van der Waals surface area (Å²) in [6, 6.07) is 1.77. The molecule has 0 aromatic carbocycles. The summed E-state index contributed by atoms with van der Waals surface area (Å²) in [4.78, 5) is 8.27. The molecule has 0 saturated heterocycles. The minimum atomic E-state index is 0.507. The molecule has 1 saturated carbocycles. The molecule has 0 radical (unpaired) electrons. The molecule has 1 aromatic heterocycles. The van der Waals surface area contributed by atoms with Crippen LogP contribution in [0.3, 0.4) is 0 Å². The molecule has 1 aliphatic carbocycles. The van der Waals surface area contributed by atoms with E-state index in [9.17, 15) is 0 Å². The first-order chi connectivity index (χ1) is 7.24. The number of nitrogens with one attached hydrogen (secondary N) is 1. The fourth-order valence-electron chi connectivity index (χ4n) is 1.64. The third-order valence-corrected chi connectivity index (χ3v) is 2.79. The van der Waals surface area contributed by atoms with Gasteiger partial charge in [0.2, 0.25) is 0 Å². The van der Waals surface area contributed by atoms with Crippen molar-refractivity contribution >= 4 is 17.4 Å². The number of halogens is 1. The lowest BCUT2D eigenvalue weighted by Gasteiger charge is -2.05. The SMILES string of the molecule is Cc1nc(Cl)cc(NCCCC2CC2)n1. The molecule has 0 aliphatic heterocycles. The summed E-state index contributed by atoms with van der Waals surface area (Å²) < 4.78 is 0. The quantitative estimate of drug-likeness (QED) is 0.618. The van der Waals surface area contributed by atoms with Gasteiger partial charge >= 0.3 is 0 Å². The maximum atomic E-state index is 5.83. The fraction of sp³-hybridized carbons (Fsp3) is 0.636. The molecular weight excluding hydrogens is 210 g/mol.